The van der Waals surface area contributed by atoms with Crippen LogP contribution in [0.2, 0.25) is 0 Å². The Hall–Kier alpha value is -1.57. The molecular formula is C13H16O2. The molecule has 0 bridgehead atoms. The van der Waals surface area contributed by atoms with Gasteiger partial charge in [0.2, 0.25) is 0 Å². The molecule has 0 N–H and O–H groups in total. The number of ether oxygens (including phenoxy) is 1. The van der Waals surface area contributed by atoms with Gasteiger partial charge >= 0.3 is 5.97 Å². The highest BCUT2D eigenvalue weighted by Crippen LogP contribution is 2.22. The number of carbonyl (C=O) groups is 1. The topological polar surface area (TPSA) is 26.3 Å². The molecule has 0 aromatic heterocycles. The fourth-order valence-corrected chi connectivity index (χ4v) is 1.40. The van der Waals surface area contributed by atoms with Crippen molar-refractivity contribution in [2.24, 2.45) is 5.92 Å². The molecular weight excluding hydrogens is 188 g/mol. The van der Waals surface area contributed by atoms with Gasteiger partial charge in [0.15, 0.2) is 0 Å². The average molecular weight is 204 g/mol. The molecule has 0 heterocycles. The fourth-order valence-electron chi connectivity index (χ4n) is 1.40. The summed E-state index contributed by atoms with van der Waals surface area (Å²) < 4.78 is 4.64. The van der Waals surface area contributed by atoms with Crippen molar-refractivity contribution >= 4 is 11.5 Å². The molecule has 1 aromatic carbocycles. The normalized spacial score (nSPS) is 11.6. The average Bonchev–Trinajstić information content (AvgIpc) is 2.26. The van der Waals surface area contributed by atoms with Crippen molar-refractivity contribution in [1.82, 2.24) is 0 Å². The quantitative estimate of drug-likeness (QED) is 0.559. The van der Waals surface area contributed by atoms with Crippen molar-refractivity contribution in [2.75, 3.05) is 7.11 Å². The van der Waals surface area contributed by atoms with Crippen LogP contribution in [0.1, 0.15) is 19.4 Å². The first-order valence-corrected chi connectivity index (χ1v) is 5.00. The third-order valence-electron chi connectivity index (χ3n) is 2.20. The lowest BCUT2D eigenvalue weighted by atomic mass is 9.95. The Morgan fingerprint density at radius 3 is 2.33 bits per heavy atom. The van der Waals surface area contributed by atoms with Gasteiger partial charge in [-0.3, -0.25) is 0 Å². The Morgan fingerprint density at radius 2 is 1.87 bits per heavy atom. The highest BCUT2D eigenvalue weighted by molar-refractivity contribution is 5.91. The lowest BCUT2D eigenvalue weighted by Crippen LogP contribution is -2.01. The second-order valence-electron chi connectivity index (χ2n) is 3.64. The van der Waals surface area contributed by atoms with Gasteiger partial charge in [0, 0.05) is 6.08 Å². The number of benzene rings is 1. The van der Waals surface area contributed by atoms with Gasteiger partial charge in [0.1, 0.15) is 0 Å². The van der Waals surface area contributed by atoms with Crippen LogP contribution >= 0.6 is 0 Å². The lowest BCUT2D eigenvalue weighted by Gasteiger charge is -2.10. The molecule has 0 saturated heterocycles. The Bertz CT molecular complexity index is 350. The second-order valence-corrected chi connectivity index (χ2v) is 3.64. The minimum absolute atomic E-state index is 0.298. The summed E-state index contributed by atoms with van der Waals surface area (Å²) in [5, 5.41) is 0. The van der Waals surface area contributed by atoms with Gasteiger partial charge in [-0.25, -0.2) is 4.79 Å². The van der Waals surface area contributed by atoms with E-state index in [0.717, 1.165) is 11.1 Å². The Labute approximate surface area is 90.6 Å². The summed E-state index contributed by atoms with van der Waals surface area (Å²) in [7, 11) is 1.39. The van der Waals surface area contributed by atoms with Crippen molar-refractivity contribution < 1.29 is 9.53 Å². The van der Waals surface area contributed by atoms with Crippen LogP contribution in [0, 0.1) is 5.92 Å². The predicted molar refractivity (Wildman–Crippen MR) is 61.3 cm³/mol. The van der Waals surface area contributed by atoms with Crippen LogP contribution in [-0.2, 0) is 9.53 Å². The zero-order valence-electron chi connectivity index (χ0n) is 9.36. The van der Waals surface area contributed by atoms with Crippen molar-refractivity contribution in [3.8, 4) is 0 Å². The molecule has 0 aliphatic carbocycles. The van der Waals surface area contributed by atoms with Crippen LogP contribution in [-0.4, -0.2) is 13.1 Å². The molecule has 0 spiro atoms. The summed E-state index contributed by atoms with van der Waals surface area (Å²) in [6, 6.07) is 9.87. The van der Waals surface area contributed by atoms with Crippen molar-refractivity contribution in [1.29, 1.82) is 0 Å². The fraction of sp³-hybridized carbons (Fsp3) is 0.308. The summed E-state index contributed by atoms with van der Waals surface area (Å²) >= 11 is 0. The molecule has 0 aliphatic heterocycles. The molecule has 80 valence electrons. The molecule has 0 unspecified atom stereocenters. The first-order valence-electron chi connectivity index (χ1n) is 5.00. The number of hydrogen-bond donors (Lipinski definition) is 0. The molecule has 0 amide bonds. The molecule has 0 fully saturated rings. The predicted octanol–water partition coefficient (Wildman–Crippen LogP) is 2.90. The number of carbonyl (C=O) groups excluding carboxylic acids is 1. The van der Waals surface area contributed by atoms with E-state index in [1.807, 2.05) is 30.3 Å². The van der Waals surface area contributed by atoms with Crippen LogP contribution in [0.3, 0.4) is 0 Å². The monoisotopic (exact) mass is 204 g/mol. The van der Waals surface area contributed by atoms with E-state index in [1.54, 1.807) is 6.08 Å². The largest absolute Gasteiger partial charge is 0.466 e. The maximum absolute atomic E-state index is 11.2. The zero-order chi connectivity index (χ0) is 11.3. The third-order valence-corrected chi connectivity index (χ3v) is 2.20. The number of methoxy groups -OCH3 is 1. The van der Waals surface area contributed by atoms with Crippen molar-refractivity contribution in [2.45, 2.75) is 13.8 Å². The van der Waals surface area contributed by atoms with Crippen LogP contribution in [0.15, 0.2) is 36.4 Å². The van der Waals surface area contributed by atoms with Crippen LogP contribution < -0.4 is 0 Å². The third kappa shape index (κ3) is 3.24. The zero-order valence-corrected chi connectivity index (χ0v) is 9.36. The summed E-state index contributed by atoms with van der Waals surface area (Å²) in [5.74, 6) is -0.00551. The van der Waals surface area contributed by atoms with E-state index in [0.29, 0.717) is 5.92 Å². The molecule has 1 aromatic rings. The van der Waals surface area contributed by atoms with E-state index in [4.69, 9.17) is 0 Å². The highest BCUT2D eigenvalue weighted by Gasteiger charge is 2.08. The first kappa shape index (κ1) is 11.5. The standard InChI is InChI=1S/C13H16O2/c1-10(2)12(9-13(14)15-3)11-7-5-4-6-8-11/h4-10H,1-3H3. The van der Waals surface area contributed by atoms with Crippen molar-refractivity contribution in [3.05, 3.63) is 42.0 Å². The van der Waals surface area contributed by atoms with E-state index in [2.05, 4.69) is 18.6 Å². The van der Waals surface area contributed by atoms with E-state index >= 15 is 0 Å². The number of allylic oxidation sites excluding steroid dienone is 1. The Kier molecular flexibility index (Phi) is 4.10. The van der Waals surface area contributed by atoms with Crippen molar-refractivity contribution in [3.63, 3.8) is 0 Å². The van der Waals surface area contributed by atoms with E-state index < -0.39 is 0 Å². The highest BCUT2D eigenvalue weighted by atomic mass is 16.5. The van der Waals surface area contributed by atoms with Gasteiger partial charge in [-0.05, 0) is 17.1 Å². The number of rotatable bonds is 3. The van der Waals surface area contributed by atoms with Crippen LogP contribution in [0.4, 0.5) is 0 Å². The smallest absolute Gasteiger partial charge is 0.330 e. The minimum Gasteiger partial charge on any atom is -0.466 e. The van der Waals surface area contributed by atoms with Gasteiger partial charge in [-0.15, -0.1) is 0 Å². The molecule has 0 aliphatic rings. The SMILES string of the molecule is COC(=O)C=C(c1ccccc1)C(C)C. The molecule has 1 rings (SSSR count). The lowest BCUT2D eigenvalue weighted by molar-refractivity contribution is -0.134. The molecule has 2 nitrogen and oxygen atoms in total. The molecule has 2 heteroatoms. The molecule has 0 radical (unpaired) electrons. The van der Waals surface area contributed by atoms with Crippen LogP contribution in [0.25, 0.3) is 5.57 Å². The number of esters is 1. The van der Waals surface area contributed by atoms with Gasteiger partial charge < -0.3 is 4.74 Å². The molecule has 0 atom stereocenters. The van der Waals surface area contributed by atoms with Gasteiger partial charge in [-0.2, -0.15) is 0 Å². The molecule has 0 saturated carbocycles. The number of hydrogen-bond acceptors (Lipinski definition) is 2. The summed E-state index contributed by atoms with van der Waals surface area (Å²) in [4.78, 5) is 11.2. The van der Waals surface area contributed by atoms with E-state index in [-0.39, 0.29) is 5.97 Å². The Balaban J connectivity index is 3.04. The molecule has 15 heavy (non-hydrogen) atoms. The van der Waals surface area contributed by atoms with Gasteiger partial charge in [-0.1, -0.05) is 44.2 Å². The van der Waals surface area contributed by atoms with Gasteiger partial charge in [0.25, 0.3) is 0 Å². The van der Waals surface area contributed by atoms with E-state index in [9.17, 15) is 4.79 Å². The maximum atomic E-state index is 11.2. The summed E-state index contributed by atoms with van der Waals surface area (Å²) in [6.07, 6.45) is 1.56. The van der Waals surface area contributed by atoms with E-state index in [1.165, 1.54) is 7.11 Å². The Morgan fingerprint density at radius 1 is 1.27 bits per heavy atom. The first-order chi connectivity index (χ1) is 7.15. The second kappa shape index (κ2) is 5.35. The maximum Gasteiger partial charge on any atom is 0.330 e. The van der Waals surface area contributed by atoms with Gasteiger partial charge in [0.05, 0.1) is 7.11 Å². The van der Waals surface area contributed by atoms with Crippen LogP contribution in [0.5, 0.6) is 0 Å². The summed E-state index contributed by atoms with van der Waals surface area (Å²) in [5.41, 5.74) is 2.07. The summed E-state index contributed by atoms with van der Waals surface area (Å²) in [6.45, 7) is 4.11. The minimum atomic E-state index is -0.303.